The molecule has 230 valence electrons. The summed E-state index contributed by atoms with van der Waals surface area (Å²) in [7, 11) is 1.15. The van der Waals surface area contributed by atoms with Crippen molar-refractivity contribution in [2.75, 3.05) is 7.11 Å². The van der Waals surface area contributed by atoms with E-state index in [0.717, 1.165) is 31.4 Å². The van der Waals surface area contributed by atoms with E-state index in [1.165, 1.54) is 35.0 Å². The van der Waals surface area contributed by atoms with Gasteiger partial charge < -0.3 is 30.1 Å². The van der Waals surface area contributed by atoms with Crippen molar-refractivity contribution in [3.05, 3.63) is 112 Å². The Morgan fingerprint density at radius 1 is 1.07 bits per heavy atom. The van der Waals surface area contributed by atoms with Gasteiger partial charge in [0.2, 0.25) is 5.91 Å². The molecule has 0 spiro atoms. The summed E-state index contributed by atoms with van der Waals surface area (Å²) in [5, 5.41) is 2.89. The molecule has 0 bridgehead atoms. The molecule has 0 radical (unpaired) electrons. The average molecular weight is 611 g/mol. The van der Waals surface area contributed by atoms with E-state index in [0.29, 0.717) is 16.6 Å². The van der Waals surface area contributed by atoms with Crippen molar-refractivity contribution in [3.8, 4) is 5.75 Å². The standard InChI is InChI=1S/C31H29F3N4O6/c1-43-31(42)37-25(6-2-3-7-28(35)40)26(39)13-18-5-4-10-38(30(18)41)16-23-12-20-11-22(33)15-27(29(20)36-23)44-17-19-8-9-21(32)14-24(19)34/h3-5,7-12,14-15,25,36H,2,6,13,16-17H2,1H3,(H2,35,40)(H,37,42)/b7-3+/t25-/m0/s1. The molecule has 4 rings (SSSR count). The number of ketones is 1. The van der Waals surface area contributed by atoms with Crippen LogP contribution in [0.5, 0.6) is 5.75 Å². The van der Waals surface area contributed by atoms with E-state index in [4.69, 9.17) is 10.5 Å². The maximum absolute atomic E-state index is 14.4. The van der Waals surface area contributed by atoms with Crippen LogP contribution in [-0.2, 0) is 33.9 Å². The van der Waals surface area contributed by atoms with Crippen molar-refractivity contribution in [3.63, 3.8) is 0 Å². The lowest BCUT2D eigenvalue weighted by atomic mass is 10.0. The van der Waals surface area contributed by atoms with E-state index >= 15 is 0 Å². The number of rotatable bonds is 13. The Balaban J connectivity index is 1.51. The highest BCUT2D eigenvalue weighted by Crippen LogP contribution is 2.29. The van der Waals surface area contributed by atoms with Gasteiger partial charge in [0, 0.05) is 47.0 Å². The summed E-state index contributed by atoms with van der Waals surface area (Å²) in [5.41, 5.74) is 5.79. The molecule has 0 aliphatic carbocycles. The molecular formula is C31H29F3N4O6. The van der Waals surface area contributed by atoms with Gasteiger partial charge >= 0.3 is 6.09 Å². The number of benzene rings is 2. The van der Waals surface area contributed by atoms with E-state index in [1.807, 2.05) is 0 Å². The zero-order chi connectivity index (χ0) is 31.8. The fourth-order valence-corrected chi connectivity index (χ4v) is 4.54. The number of amides is 2. The van der Waals surface area contributed by atoms with Gasteiger partial charge in [0.15, 0.2) is 5.78 Å². The summed E-state index contributed by atoms with van der Waals surface area (Å²) in [6, 6.07) is 9.19. The van der Waals surface area contributed by atoms with Crippen LogP contribution in [0.4, 0.5) is 18.0 Å². The average Bonchev–Trinajstić information content (AvgIpc) is 3.38. The maximum Gasteiger partial charge on any atom is 0.407 e. The molecule has 4 aromatic rings. The van der Waals surface area contributed by atoms with Crippen LogP contribution >= 0.6 is 0 Å². The fourth-order valence-electron chi connectivity index (χ4n) is 4.54. The summed E-state index contributed by atoms with van der Waals surface area (Å²) in [5.74, 6) is -3.13. The Hall–Kier alpha value is -5.33. The minimum absolute atomic E-state index is 0.0327. The number of pyridine rings is 1. The van der Waals surface area contributed by atoms with Gasteiger partial charge in [-0.25, -0.2) is 18.0 Å². The largest absolute Gasteiger partial charge is 0.486 e. The highest BCUT2D eigenvalue weighted by atomic mass is 19.1. The number of ether oxygens (including phenoxy) is 2. The van der Waals surface area contributed by atoms with E-state index in [2.05, 4.69) is 15.0 Å². The molecule has 10 nitrogen and oxygen atoms in total. The van der Waals surface area contributed by atoms with E-state index < -0.39 is 46.8 Å². The lowest BCUT2D eigenvalue weighted by Crippen LogP contribution is -2.42. The zero-order valence-corrected chi connectivity index (χ0v) is 23.6. The van der Waals surface area contributed by atoms with Crippen molar-refractivity contribution in [2.45, 2.75) is 38.5 Å². The number of fused-ring (bicyclic) bond motifs is 1. The van der Waals surface area contributed by atoms with Gasteiger partial charge in [-0.15, -0.1) is 0 Å². The Morgan fingerprint density at radius 2 is 1.86 bits per heavy atom. The van der Waals surface area contributed by atoms with Crippen molar-refractivity contribution in [1.82, 2.24) is 14.9 Å². The predicted octanol–water partition coefficient (Wildman–Crippen LogP) is 4.03. The molecule has 13 heteroatoms. The molecule has 1 atom stereocenters. The molecule has 2 aromatic heterocycles. The number of hydrogen-bond acceptors (Lipinski definition) is 6. The van der Waals surface area contributed by atoms with Gasteiger partial charge in [-0.1, -0.05) is 12.1 Å². The second-order valence-corrected chi connectivity index (χ2v) is 9.87. The van der Waals surface area contributed by atoms with Gasteiger partial charge in [0.1, 0.15) is 29.8 Å². The van der Waals surface area contributed by atoms with Gasteiger partial charge in [0.25, 0.3) is 5.56 Å². The predicted molar refractivity (Wildman–Crippen MR) is 154 cm³/mol. The number of Topliss-reactive ketones (excluding diaryl/α,β-unsaturated/α-hetero) is 1. The number of hydrogen-bond donors (Lipinski definition) is 3. The van der Waals surface area contributed by atoms with Crippen LogP contribution in [0, 0.1) is 17.5 Å². The second kappa shape index (κ2) is 14.2. The first-order valence-electron chi connectivity index (χ1n) is 13.4. The van der Waals surface area contributed by atoms with Crippen molar-refractivity contribution >= 4 is 28.7 Å². The highest BCUT2D eigenvalue weighted by molar-refractivity contribution is 5.89. The number of alkyl carbamates (subject to hydrolysis) is 1. The number of halogens is 3. The smallest absolute Gasteiger partial charge is 0.407 e. The number of methoxy groups -OCH3 is 1. The summed E-state index contributed by atoms with van der Waals surface area (Å²) in [6.45, 7) is -0.243. The van der Waals surface area contributed by atoms with E-state index in [9.17, 15) is 32.3 Å². The number of aromatic amines is 1. The minimum atomic E-state index is -0.988. The quantitative estimate of drug-likeness (QED) is 0.195. The number of carbonyl (C=O) groups excluding carboxylic acids is 3. The van der Waals surface area contributed by atoms with Crippen LogP contribution in [0.1, 0.15) is 29.7 Å². The number of aromatic nitrogens is 2. The Morgan fingerprint density at radius 3 is 2.59 bits per heavy atom. The van der Waals surface area contributed by atoms with E-state index in [1.54, 1.807) is 12.1 Å². The molecule has 4 N–H and O–H groups in total. The molecule has 0 aliphatic heterocycles. The number of nitrogens with one attached hydrogen (secondary N) is 2. The summed E-state index contributed by atoms with van der Waals surface area (Å²) in [6.07, 6.45) is 3.43. The topological polar surface area (TPSA) is 146 Å². The Labute approximate surface area is 249 Å². The molecule has 2 heterocycles. The third kappa shape index (κ3) is 8.15. The molecular weight excluding hydrogens is 581 g/mol. The Kier molecular flexibility index (Phi) is 10.2. The molecule has 0 aliphatic rings. The van der Waals surface area contributed by atoms with Crippen LogP contribution in [0.2, 0.25) is 0 Å². The van der Waals surface area contributed by atoms with E-state index in [-0.39, 0.29) is 49.3 Å². The lowest BCUT2D eigenvalue weighted by Gasteiger charge is -2.16. The third-order valence-corrected chi connectivity index (χ3v) is 6.69. The minimum Gasteiger partial charge on any atom is -0.486 e. The number of nitrogens with two attached hydrogens (primary N) is 1. The van der Waals surface area contributed by atoms with Gasteiger partial charge in [-0.05, 0) is 49.2 Å². The number of primary amides is 1. The first kappa shape index (κ1) is 31.6. The molecule has 0 saturated carbocycles. The summed E-state index contributed by atoms with van der Waals surface area (Å²) < 4.78 is 53.3. The summed E-state index contributed by atoms with van der Waals surface area (Å²) in [4.78, 5) is 52.2. The number of nitrogens with zero attached hydrogens (tertiary/aromatic N) is 1. The normalized spacial score (nSPS) is 11.9. The number of allylic oxidation sites excluding steroid dienone is 1. The first-order valence-corrected chi connectivity index (χ1v) is 13.4. The van der Waals surface area contributed by atoms with Crippen LogP contribution in [0.15, 0.2) is 71.7 Å². The first-order chi connectivity index (χ1) is 21.0. The highest BCUT2D eigenvalue weighted by Gasteiger charge is 2.22. The van der Waals surface area contributed by atoms with Crippen molar-refractivity contribution in [2.24, 2.45) is 5.73 Å². The van der Waals surface area contributed by atoms with Crippen LogP contribution in [-0.4, -0.2) is 40.5 Å². The van der Waals surface area contributed by atoms with Gasteiger partial charge in [-0.3, -0.25) is 14.4 Å². The SMILES string of the molecule is COC(=O)N[C@@H](CC/C=C/C(N)=O)C(=O)Cc1cccn(Cc2cc3cc(F)cc(OCc4ccc(F)cc4F)c3[nH]2)c1=O. The van der Waals surface area contributed by atoms with Crippen molar-refractivity contribution < 1.29 is 37.0 Å². The second-order valence-electron chi connectivity index (χ2n) is 9.87. The third-order valence-electron chi connectivity index (χ3n) is 6.69. The molecule has 44 heavy (non-hydrogen) atoms. The number of carbonyl (C=O) groups is 3. The molecule has 2 aromatic carbocycles. The monoisotopic (exact) mass is 610 g/mol. The molecule has 0 fully saturated rings. The molecule has 0 saturated heterocycles. The van der Waals surface area contributed by atoms with Gasteiger partial charge in [0.05, 0.1) is 25.2 Å². The molecule has 2 amide bonds. The number of H-pyrrole nitrogens is 1. The lowest BCUT2D eigenvalue weighted by molar-refractivity contribution is -0.120. The van der Waals surface area contributed by atoms with Crippen LogP contribution < -0.4 is 21.3 Å². The Bertz CT molecular complexity index is 1780. The maximum atomic E-state index is 14.4. The zero-order valence-electron chi connectivity index (χ0n) is 23.6. The molecule has 0 unspecified atom stereocenters. The summed E-state index contributed by atoms with van der Waals surface area (Å²) >= 11 is 0. The van der Waals surface area contributed by atoms with Crippen LogP contribution in [0.3, 0.4) is 0 Å². The fraction of sp³-hybridized carbons (Fsp3) is 0.226. The van der Waals surface area contributed by atoms with Crippen LogP contribution in [0.25, 0.3) is 10.9 Å². The van der Waals surface area contributed by atoms with Gasteiger partial charge in [-0.2, -0.15) is 0 Å². The van der Waals surface area contributed by atoms with Crippen molar-refractivity contribution in [1.29, 1.82) is 0 Å².